The van der Waals surface area contributed by atoms with Crippen LogP contribution in [0.3, 0.4) is 0 Å². The summed E-state index contributed by atoms with van der Waals surface area (Å²) in [7, 11) is -3.86. The number of hydrogen-bond acceptors (Lipinski definition) is 5. The van der Waals surface area contributed by atoms with E-state index in [-0.39, 0.29) is 57.1 Å². The van der Waals surface area contributed by atoms with Crippen LogP contribution in [0.15, 0.2) is 89.3 Å². The lowest BCUT2D eigenvalue weighted by Gasteiger charge is -2.18. The number of furan rings is 1. The number of carbonyl (C=O) groups is 2. The van der Waals surface area contributed by atoms with Crippen molar-refractivity contribution >= 4 is 38.5 Å². The minimum Gasteiger partial charge on any atom is -0.460 e. The highest BCUT2D eigenvalue weighted by atomic mass is 32.2. The van der Waals surface area contributed by atoms with Crippen LogP contribution in [0.1, 0.15) is 57.0 Å². The number of carbonyl (C=O) groups excluding carboxylic acids is 2. The molecule has 0 aliphatic heterocycles. The fourth-order valence-corrected chi connectivity index (χ4v) is 5.67. The maximum Gasteiger partial charge on any atom is 0.252 e. The van der Waals surface area contributed by atoms with Crippen LogP contribution >= 0.6 is 0 Å². The minimum atomic E-state index is -3.86. The van der Waals surface area contributed by atoms with Gasteiger partial charge in [-0.15, -0.1) is 0 Å². The Hall–Kier alpha value is -5.03. The quantitative estimate of drug-likeness (QED) is 0.169. The van der Waals surface area contributed by atoms with E-state index >= 15 is 4.39 Å². The van der Waals surface area contributed by atoms with Crippen molar-refractivity contribution < 1.29 is 31.2 Å². The van der Waals surface area contributed by atoms with Crippen LogP contribution in [0.4, 0.5) is 14.5 Å². The Morgan fingerprint density at radius 3 is 2.27 bits per heavy atom. The molecule has 44 heavy (non-hydrogen) atoms. The first-order valence-electron chi connectivity index (χ1n) is 13.7. The molecule has 0 aliphatic carbocycles. The molecular weight excluding hydrogens is 588 g/mol. The van der Waals surface area contributed by atoms with Gasteiger partial charge in [-0.1, -0.05) is 49.4 Å². The number of nitrogens with two attached hydrogens (primary N) is 1. The Morgan fingerprint density at radius 1 is 0.932 bits per heavy atom. The Kier molecular flexibility index (Phi) is 8.50. The van der Waals surface area contributed by atoms with Gasteiger partial charge in [0.2, 0.25) is 10.0 Å². The number of nitrogens with one attached hydrogen (secondary N) is 2. The van der Waals surface area contributed by atoms with Crippen LogP contribution in [0.2, 0.25) is 0 Å². The predicted molar refractivity (Wildman–Crippen MR) is 165 cm³/mol. The predicted octanol–water partition coefficient (Wildman–Crippen LogP) is 6.32. The van der Waals surface area contributed by atoms with Crippen LogP contribution in [-0.2, 0) is 16.4 Å². The molecule has 1 heterocycles. The van der Waals surface area contributed by atoms with E-state index in [1.165, 1.54) is 48.5 Å². The molecule has 226 valence electrons. The number of anilines is 1. The second kappa shape index (κ2) is 12.3. The third-order valence-electron chi connectivity index (χ3n) is 7.15. The fourth-order valence-electron chi connectivity index (χ4n) is 5.10. The van der Waals surface area contributed by atoms with Crippen molar-refractivity contribution in [1.82, 2.24) is 5.32 Å². The van der Waals surface area contributed by atoms with E-state index in [1.807, 2.05) is 37.3 Å². The van der Waals surface area contributed by atoms with Gasteiger partial charge in [0.1, 0.15) is 23.0 Å². The molecule has 5 rings (SSSR count). The van der Waals surface area contributed by atoms with Crippen molar-refractivity contribution in [1.29, 1.82) is 0 Å². The van der Waals surface area contributed by atoms with Gasteiger partial charge in [-0.05, 0) is 53.9 Å². The molecule has 4 aromatic carbocycles. The monoisotopic (exact) mass is 617 g/mol. The van der Waals surface area contributed by atoms with Crippen LogP contribution in [0.5, 0.6) is 0 Å². The summed E-state index contributed by atoms with van der Waals surface area (Å²) in [4.78, 5) is 25.9. The van der Waals surface area contributed by atoms with Gasteiger partial charge in [0, 0.05) is 34.6 Å². The van der Waals surface area contributed by atoms with Crippen LogP contribution in [0.25, 0.3) is 22.1 Å². The lowest BCUT2D eigenvalue weighted by atomic mass is 9.96. The SMILES string of the molecule is CCC(NC(=O)c1ccc(F)c(-c2cc3c(C(N)=O)c(Cc4ccc(F)cc4)oc3cc2NS(C)(=O)=O)c1)c1ccccc1. The van der Waals surface area contributed by atoms with E-state index in [0.29, 0.717) is 12.0 Å². The number of halogens is 2. The minimum absolute atomic E-state index is 0.0134. The van der Waals surface area contributed by atoms with Crippen molar-refractivity contribution in [3.63, 3.8) is 0 Å². The molecule has 8 nitrogen and oxygen atoms in total. The van der Waals surface area contributed by atoms with Gasteiger partial charge in [0.25, 0.3) is 11.8 Å². The van der Waals surface area contributed by atoms with Crippen molar-refractivity contribution in [3.05, 3.63) is 125 Å². The second-order valence-corrected chi connectivity index (χ2v) is 12.1. The zero-order valence-corrected chi connectivity index (χ0v) is 24.7. The van der Waals surface area contributed by atoms with E-state index in [0.717, 1.165) is 17.9 Å². The zero-order valence-electron chi connectivity index (χ0n) is 23.9. The molecule has 11 heteroatoms. The molecule has 0 aliphatic rings. The van der Waals surface area contributed by atoms with E-state index < -0.39 is 33.5 Å². The van der Waals surface area contributed by atoms with Gasteiger partial charge in [0.05, 0.1) is 23.5 Å². The summed E-state index contributed by atoms with van der Waals surface area (Å²) in [5.74, 6) is -2.28. The van der Waals surface area contributed by atoms with Gasteiger partial charge in [-0.2, -0.15) is 0 Å². The van der Waals surface area contributed by atoms with Crippen molar-refractivity contribution in [2.45, 2.75) is 25.8 Å². The van der Waals surface area contributed by atoms with Crippen LogP contribution in [0, 0.1) is 11.6 Å². The molecule has 1 unspecified atom stereocenters. The van der Waals surface area contributed by atoms with E-state index in [4.69, 9.17) is 10.2 Å². The Morgan fingerprint density at radius 2 is 1.64 bits per heavy atom. The number of sulfonamides is 1. The Balaban J connectivity index is 1.62. The van der Waals surface area contributed by atoms with Gasteiger partial charge in [-0.3, -0.25) is 14.3 Å². The number of amides is 2. The molecule has 0 spiro atoms. The van der Waals surface area contributed by atoms with Gasteiger partial charge in [0.15, 0.2) is 0 Å². The van der Waals surface area contributed by atoms with Crippen LogP contribution in [-0.4, -0.2) is 26.5 Å². The smallest absolute Gasteiger partial charge is 0.252 e. The Bertz CT molecular complexity index is 1970. The standard InChI is InChI=1S/C33H29F2N3O5S/c1-3-27(20-7-5-4-6-8-20)37-33(40)21-11-14-26(35)23(16-21)24-17-25-29(18-28(24)38-44(2,41)42)43-30(31(25)32(36)39)15-19-9-12-22(34)13-10-19/h4-14,16-18,27,38H,3,15H2,1-2H3,(H2,36,39)(H,37,40). The molecule has 0 saturated carbocycles. The number of fused-ring (bicyclic) bond motifs is 1. The van der Waals surface area contributed by atoms with Crippen molar-refractivity contribution in [2.24, 2.45) is 5.73 Å². The van der Waals surface area contributed by atoms with Gasteiger partial charge in [-0.25, -0.2) is 17.2 Å². The van der Waals surface area contributed by atoms with Crippen LogP contribution < -0.4 is 15.8 Å². The summed E-state index contributed by atoms with van der Waals surface area (Å²) >= 11 is 0. The third kappa shape index (κ3) is 6.63. The zero-order chi connectivity index (χ0) is 31.6. The van der Waals surface area contributed by atoms with Gasteiger partial charge >= 0.3 is 0 Å². The molecule has 5 aromatic rings. The number of primary amides is 1. The lowest BCUT2D eigenvalue weighted by molar-refractivity contribution is 0.0934. The third-order valence-corrected chi connectivity index (χ3v) is 7.75. The molecule has 0 fully saturated rings. The normalized spacial score (nSPS) is 12.2. The summed E-state index contributed by atoms with van der Waals surface area (Å²) in [6.07, 6.45) is 1.63. The highest BCUT2D eigenvalue weighted by molar-refractivity contribution is 7.92. The molecule has 0 radical (unpaired) electrons. The van der Waals surface area contributed by atoms with E-state index in [9.17, 15) is 22.4 Å². The van der Waals surface area contributed by atoms with E-state index in [1.54, 1.807) is 0 Å². The molecule has 0 saturated heterocycles. The maximum atomic E-state index is 15.5. The van der Waals surface area contributed by atoms with Crippen molar-refractivity contribution in [2.75, 3.05) is 11.0 Å². The average molecular weight is 618 g/mol. The highest BCUT2D eigenvalue weighted by Gasteiger charge is 2.24. The molecule has 1 aromatic heterocycles. The summed E-state index contributed by atoms with van der Waals surface area (Å²) in [6, 6.07) is 21.2. The summed E-state index contributed by atoms with van der Waals surface area (Å²) in [5.41, 5.74) is 7.48. The number of benzene rings is 4. The lowest BCUT2D eigenvalue weighted by Crippen LogP contribution is -2.28. The first-order valence-corrected chi connectivity index (χ1v) is 15.6. The van der Waals surface area contributed by atoms with Crippen molar-refractivity contribution in [3.8, 4) is 11.1 Å². The Labute approximate surface area is 252 Å². The molecule has 4 N–H and O–H groups in total. The summed E-state index contributed by atoms with van der Waals surface area (Å²) < 4.78 is 61.9. The average Bonchev–Trinajstić information content (AvgIpc) is 3.33. The maximum absolute atomic E-state index is 15.5. The fraction of sp³-hybridized carbons (Fsp3) is 0.152. The molecule has 0 bridgehead atoms. The summed E-state index contributed by atoms with van der Waals surface area (Å²) in [6.45, 7) is 1.93. The molecule has 2 amide bonds. The molecular formula is C33H29F2N3O5S. The highest BCUT2D eigenvalue weighted by Crippen LogP contribution is 2.39. The van der Waals surface area contributed by atoms with Gasteiger partial charge < -0.3 is 15.5 Å². The topological polar surface area (TPSA) is 132 Å². The van der Waals surface area contributed by atoms with E-state index in [2.05, 4.69) is 10.0 Å². The largest absolute Gasteiger partial charge is 0.460 e. The number of rotatable bonds is 10. The second-order valence-electron chi connectivity index (χ2n) is 10.4. The summed E-state index contributed by atoms with van der Waals surface area (Å²) in [5, 5.41) is 3.18. The number of hydrogen-bond donors (Lipinski definition) is 3. The molecule has 1 atom stereocenters. The first kappa shape index (κ1) is 30.4. The first-order chi connectivity index (χ1) is 20.9.